The first kappa shape index (κ1) is 13.4. The minimum atomic E-state index is -1.03. The fourth-order valence-corrected chi connectivity index (χ4v) is 1.80. The fourth-order valence-electron chi connectivity index (χ4n) is 1.80. The summed E-state index contributed by atoms with van der Waals surface area (Å²) in [5.74, 6) is -0.899. The van der Waals surface area contributed by atoms with Gasteiger partial charge < -0.3 is 5.11 Å². The highest BCUT2D eigenvalue weighted by molar-refractivity contribution is 6.06. The average Bonchev–Trinajstić information content (AvgIpc) is 2.19. The maximum Gasteiger partial charge on any atom is 0.336 e. The standard InChI is InChI=1S/C14H18O3/c1-8(2)7-12(15)11-6-5-9(3)10(4)13(11)14(16)17/h5-6,8H,7H2,1-4H3,(H,16,17). The minimum Gasteiger partial charge on any atom is -0.478 e. The van der Waals surface area contributed by atoms with E-state index in [0.717, 1.165) is 5.56 Å². The van der Waals surface area contributed by atoms with Crippen molar-refractivity contribution in [3.05, 3.63) is 34.4 Å². The quantitative estimate of drug-likeness (QED) is 0.814. The van der Waals surface area contributed by atoms with E-state index in [1.807, 2.05) is 20.8 Å². The Labute approximate surface area is 101 Å². The first-order valence-electron chi connectivity index (χ1n) is 5.71. The third-order valence-corrected chi connectivity index (χ3v) is 2.84. The summed E-state index contributed by atoms with van der Waals surface area (Å²) in [5.41, 5.74) is 2.04. The van der Waals surface area contributed by atoms with Crippen molar-refractivity contribution in [2.75, 3.05) is 0 Å². The topological polar surface area (TPSA) is 54.4 Å². The van der Waals surface area contributed by atoms with Gasteiger partial charge in [0.25, 0.3) is 0 Å². The normalized spacial score (nSPS) is 10.6. The molecule has 0 unspecified atom stereocenters. The third-order valence-electron chi connectivity index (χ3n) is 2.84. The van der Waals surface area contributed by atoms with Crippen LogP contribution in [-0.2, 0) is 0 Å². The Morgan fingerprint density at radius 2 is 1.82 bits per heavy atom. The molecule has 1 rings (SSSR count). The van der Waals surface area contributed by atoms with Crippen LogP contribution in [0.4, 0.5) is 0 Å². The molecule has 17 heavy (non-hydrogen) atoms. The van der Waals surface area contributed by atoms with Crippen LogP contribution in [0.25, 0.3) is 0 Å². The van der Waals surface area contributed by atoms with E-state index in [1.165, 1.54) is 0 Å². The summed E-state index contributed by atoms with van der Waals surface area (Å²) in [6.45, 7) is 7.47. The monoisotopic (exact) mass is 234 g/mol. The maximum absolute atomic E-state index is 12.0. The summed E-state index contributed by atoms with van der Waals surface area (Å²) in [4.78, 5) is 23.2. The van der Waals surface area contributed by atoms with E-state index in [4.69, 9.17) is 0 Å². The van der Waals surface area contributed by atoms with Crippen LogP contribution in [0, 0.1) is 19.8 Å². The number of hydrogen-bond acceptors (Lipinski definition) is 2. The SMILES string of the molecule is Cc1ccc(C(=O)CC(C)C)c(C(=O)O)c1C. The number of aromatic carboxylic acids is 1. The zero-order valence-electron chi connectivity index (χ0n) is 10.7. The Balaban J connectivity index is 3.29. The van der Waals surface area contributed by atoms with Crippen molar-refractivity contribution in [1.29, 1.82) is 0 Å². The number of aryl methyl sites for hydroxylation is 1. The van der Waals surface area contributed by atoms with Gasteiger partial charge in [0.1, 0.15) is 0 Å². The molecule has 1 aromatic carbocycles. The Morgan fingerprint density at radius 3 is 2.29 bits per heavy atom. The number of carbonyl (C=O) groups is 2. The largest absolute Gasteiger partial charge is 0.478 e. The van der Waals surface area contributed by atoms with Gasteiger partial charge in [0, 0.05) is 12.0 Å². The van der Waals surface area contributed by atoms with Gasteiger partial charge in [-0.05, 0) is 30.9 Å². The number of ketones is 1. The molecule has 0 amide bonds. The number of carbonyl (C=O) groups excluding carboxylic acids is 1. The average molecular weight is 234 g/mol. The van der Waals surface area contributed by atoms with Gasteiger partial charge in [0.05, 0.1) is 5.56 Å². The van der Waals surface area contributed by atoms with Crippen LogP contribution < -0.4 is 0 Å². The van der Waals surface area contributed by atoms with Gasteiger partial charge in [-0.25, -0.2) is 4.79 Å². The van der Waals surface area contributed by atoms with E-state index in [0.29, 0.717) is 17.5 Å². The van der Waals surface area contributed by atoms with E-state index in [1.54, 1.807) is 19.1 Å². The Morgan fingerprint density at radius 1 is 1.24 bits per heavy atom. The summed E-state index contributed by atoms with van der Waals surface area (Å²) in [6.07, 6.45) is 0.378. The van der Waals surface area contributed by atoms with Crippen molar-refractivity contribution in [2.24, 2.45) is 5.92 Å². The molecule has 0 spiro atoms. The molecule has 1 aromatic rings. The number of carboxylic acid groups (broad SMARTS) is 1. The number of rotatable bonds is 4. The lowest BCUT2D eigenvalue weighted by Gasteiger charge is -2.11. The van der Waals surface area contributed by atoms with Gasteiger partial charge in [0.15, 0.2) is 5.78 Å². The first-order chi connectivity index (χ1) is 7.84. The van der Waals surface area contributed by atoms with Crippen molar-refractivity contribution in [1.82, 2.24) is 0 Å². The lowest BCUT2D eigenvalue weighted by atomic mass is 9.92. The molecule has 3 nitrogen and oxygen atoms in total. The summed E-state index contributed by atoms with van der Waals surface area (Å²) in [5, 5.41) is 9.20. The van der Waals surface area contributed by atoms with Gasteiger partial charge in [-0.15, -0.1) is 0 Å². The molecule has 0 atom stereocenters. The molecular formula is C14H18O3. The number of carboxylic acids is 1. The molecule has 0 aliphatic carbocycles. The van der Waals surface area contributed by atoms with Crippen molar-refractivity contribution >= 4 is 11.8 Å². The Bertz CT molecular complexity index is 459. The minimum absolute atomic E-state index is 0.0968. The Hall–Kier alpha value is -1.64. The molecule has 0 saturated heterocycles. The van der Waals surface area contributed by atoms with Crippen LogP contribution in [0.3, 0.4) is 0 Å². The zero-order valence-corrected chi connectivity index (χ0v) is 10.7. The van der Waals surface area contributed by atoms with E-state index in [2.05, 4.69) is 0 Å². The number of benzene rings is 1. The molecule has 0 radical (unpaired) electrons. The van der Waals surface area contributed by atoms with Crippen LogP contribution in [0.1, 0.15) is 52.1 Å². The van der Waals surface area contributed by atoms with E-state index in [9.17, 15) is 14.7 Å². The van der Waals surface area contributed by atoms with Crippen molar-refractivity contribution in [2.45, 2.75) is 34.1 Å². The van der Waals surface area contributed by atoms with Crippen molar-refractivity contribution in [3.63, 3.8) is 0 Å². The molecule has 0 fully saturated rings. The zero-order chi connectivity index (χ0) is 13.2. The van der Waals surface area contributed by atoms with Crippen LogP contribution in [-0.4, -0.2) is 16.9 Å². The highest BCUT2D eigenvalue weighted by atomic mass is 16.4. The predicted octanol–water partition coefficient (Wildman–Crippen LogP) is 3.23. The highest BCUT2D eigenvalue weighted by Gasteiger charge is 2.20. The molecular weight excluding hydrogens is 216 g/mol. The van der Waals surface area contributed by atoms with Crippen LogP contribution in [0.15, 0.2) is 12.1 Å². The number of hydrogen-bond donors (Lipinski definition) is 1. The second-order valence-electron chi connectivity index (χ2n) is 4.76. The van der Waals surface area contributed by atoms with Crippen LogP contribution >= 0.6 is 0 Å². The smallest absolute Gasteiger partial charge is 0.336 e. The molecule has 0 aliphatic heterocycles. The van der Waals surface area contributed by atoms with E-state index < -0.39 is 5.97 Å². The second-order valence-corrected chi connectivity index (χ2v) is 4.76. The first-order valence-corrected chi connectivity index (χ1v) is 5.71. The fraction of sp³-hybridized carbons (Fsp3) is 0.429. The third kappa shape index (κ3) is 2.93. The summed E-state index contributed by atoms with van der Waals surface area (Å²) >= 11 is 0. The molecule has 3 heteroatoms. The van der Waals surface area contributed by atoms with Crippen molar-refractivity contribution < 1.29 is 14.7 Å². The molecule has 1 N–H and O–H groups in total. The lowest BCUT2D eigenvalue weighted by Crippen LogP contribution is -2.13. The second kappa shape index (κ2) is 5.13. The van der Waals surface area contributed by atoms with E-state index in [-0.39, 0.29) is 17.3 Å². The van der Waals surface area contributed by atoms with Gasteiger partial charge in [0.2, 0.25) is 0 Å². The molecule has 0 saturated carbocycles. The summed E-state index contributed by atoms with van der Waals surface area (Å²) in [6, 6.07) is 3.42. The van der Waals surface area contributed by atoms with Gasteiger partial charge in [-0.3, -0.25) is 4.79 Å². The van der Waals surface area contributed by atoms with Gasteiger partial charge >= 0.3 is 5.97 Å². The molecule has 0 heterocycles. The molecule has 0 aromatic heterocycles. The molecule has 0 aliphatic rings. The Kier molecular flexibility index (Phi) is 4.05. The molecule has 0 bridgehead atoms. The van der Waals surface area contributed by atoms with Gasteiger partial charge in [-0.2, -0.15) is 0 Å². The summed E-state index contributed by atoms with van der Waals surface area (Å²) < 4.78 is 0. The highest BCUT2D eigenvalue weighted by Crippen LogP contribution is 2.21. The van der Waals surface area contributed by atoms with Crippen molar-refractivity contribution in [3.8, 4) is 0 Å². The number of Topliss-reactive ketones (excluding diaryl/α,β-unsaturated/α-hetero) is 1. The maximum atomic E-state index is 12.0. The molecule has 92 valence electrons. The lowest BCUT2D eigenvalue weighted by molar-refractivity contribution is 0.0690. The van der Waals surface area contributed by atoms with Crippen LogP contribution in [0.2, 0.25) is 0 Å². The van der Waals surface area contributed by atoms with Gasteiger partial charge in [-0.1, -0.05) is 26.0 Å². The summed E-state index contributed by atoms with van der Waals surface area (Å²) in [7, 11) is 0. The predicted molar refractivity (Wildman–Crippen MR) is 66.7 cm³/mol. The van der Waals surface area contributed by atoms with E-state index >= 15 is 0 Å². The van der Waals surface area contributed by atoms with Crippen LogP contribution in [0.5, 0.6) is 0 Å².